The van der Waals surface area contributed by atoms with Gasteiger partial charge in [0.2, 0.25) is 0 Å². The van der Waals surface area contributed by atoms with E-state index >= 15 is 0 Å². The van der Waals surface area contributed by atoms with Crippen LogP contribution in [-0.4, -0.2) is 0 Å². The molecule has 0 radical (unpaired) electrons. The molecule has 0 aliphatic heterocycles. The van der Waals surface area contributed by atoms with E-state index < -0.39 is 0 Å². The lowest BCUT2D eigenvalue weighted by Crippen LogP contribution is -2.12. The number of para-hydroxylation sites is 1. The number of fused-ring (bicyclic) bond motifs is 1. The van der Waals surface area contributed by atoms with Gasteiger partial charge in [-0.25, -0.2) is 0 Å². The van der Waals surface area contributed by atoms with E-state index in [1.807, 2.05) is 30.5 Å². The normalized spacial score (nSPS) is 11.0. The Morgan fingerprint density at radius 3 is 2.53 bits per heavy atom. The predicted octanol–water partition coefficient (Wildman–Crippen LogP) is 4.49. The zero-order valence-electron chi connectivity index (χ0n) is 10.4. The largest absolute Gasteiger partial charge is 0.464 e. The monoisotopic (exact) mass is 315 g/mol. The average molecular weight is 316 g/mol. The highest BCUT2D eigenvalue weighted by Gasteiger charge is 2.04. The summed E-state index contributed by atoms with van der Waals surface area (Å²) in [5.41, 5.74) is 3.40. The van der Waals surface area contributed by atoms with Gasteiger partial charge in [-0.1, -0.05) is 52.3 Å². The summed E-state index contributed by atoms with van der Waals surface area (Å²) in [7, 11) is 0. The number of rotatable bonds is 4. The number of hydrogen-bond acceptors (Lipinski definition) is 2. The maximum atomic E-state index is 5.53. The van der Waals surface area contributed by atoms with Crippen molar-refractivity contribution in [2.24, 2.45) is 0 Å². The van der Waals surface area contributed by atoms with E-state index in [4.69, 9.17) is 4.42 Å². The molecule has 2 aromatic carbocycles. The van der Waals surface area contributed by atoms with Crippen molar-refractivity contribution in [1.82, 2.24) is 5.32 Å². The van der Waals surface area contributed by atoms with Gasteiger partial charge in [0.05, 0.1) is 6.26 Å². The van der Waals surface area contributed by atoms with Crippen LogP contribution in [0.3, 0.4) is 0 Å². The number of benzene rings is 2. The summed E-state index contributed by atoms with van der Waals surface area (Å²) >= 11 is 3.56. The minimum atomic E-state index is 0.804. The zero-order valence-corrected chi connectivity index (χ0v) is 12.0. The molecule has 0 aliphatic carbocycles. The second-order valence-electron chi connectivity index (χ2n) is 4.45. The smallest absolute Gasteiger partial charge is 0.134 e. The Morgan fingerprint density at radius 1 is 0.895 bits per heavy atom. The van der Waals surface area contributed by atoms with Crippen molar-refractivity contribution in [1.29, 1.82) is 0 Å². The van der Waals surface area contributed by atoms with Crippen LogP contribution in [0.1, 0.15) is 11.1 Å². The molecule has 3 rings (SSSR count). The van der Waals surface area contributed by atoms with E-state index in [1.54, 1.807) is 0 Å². The summed E-state index contributed by atoms with van der Waals surface area (Å²) in [5.74, 6) is 0. The highest BCUT2D eigenvalue weighted by molar-refractivity contribution is 9.10. The molecule has 0 unspecified atom stereocenters. The maximum absolute atomic E-state index is 5.53. The molecule has 0 amide bonds. The minimum Gasteiger partial charge on any atom is -0.464 e. The molecule has 0 spiro atoms. The highest BCUT2D eigenvalue weighted by atomic mass is 79.9. The van der Waals surface area contributed by atoms with E-state index in [1.165, 1.54) is 16.5 Å². The third kappa shape index (κ3) is 2.72. The van der Waals surface area contributed by atoms with Gasteiger partial charge in [-0.2, -0.15) is 0 Å². The van der Waals surface area contributed by atoms with Gasteiger partial charge < -0.3 is 9.73 Å². The van der Waals surface area contributed by atoms with Crippen LogP contribution in [0.15, 0.2) is 63.7 Å². The van der Waals surface area contributed by atoms with Gasteiger partial charge in [-0.15, -0.1) is 0 Å². The molecule has 0 fully saturated rings. The van der Waals surface area contributed by atoms with Crippen molar-refractivity contribution >= 4 is 26.9 Å². The molecule has 0 bridgehead atoms. The first-order valence-corrected chi connectivity index (χ1v) is 7.03. The maximum Gasteiger partial charge on any atom is 0.134 e. The van der Waals surface area contributed by atoms with Gasteiger partial charge >= 0.3 is 0 Å². The van der Waals surface area contributed by atoms with Crippen molar-refractivity contribution in [3.05, 3.63) is 70.4 Å². The molecule has 0 atom stereocenters. The van der Waals surface area contributed by atoms with Crippen molar-refractivity contribution in [2.45, 2.75) is 13.1 Å². The topological polar surface area (TPSA) is 25.2 Å². The van der Waals surface area contributed by atoms with Gasteiger partial charge in [0, 0.05) is 28.5 Å². The minimum absolute atomic E-state index is 0.804. The number of halogens is 1. The molecule has 0 aliphatic rings. The molecule has 0 saturated heterocycles. The number of nitrogens with one attached hydrogen (secondary N) is 1. The van der Waals surface area contributed by atoms with Gasteiger partial charge in [0.15, 0.2) is 0 Å². The second-order valence-corrected chi connectivity index (χ2v) is 5.31. The fourth-order valence-corrected chi connectivity index (χ4v) is 2.57. The fraction of sp³-hybridized carbons (Fsp3) is 0.125. The van der Waals surface area contributed by atoms with Gasteiger partial charge in [0.1, 0.15) is 5.58 Å². The van der Waals surface area contributed by atoms with Crippen LogP contribution in [0.25, 0.3) is 11.0 Å². The molecule has 1 aromatic heterocycles. The SMILES string of the molecule is Brc1ccccc1CNCc1coc2ccccc12. The average Bonchev–Trinajstić information content (AvgIpc) is 2.85. The van der Waals surface area contributed by atoms with Gasteiger partial charge in [-0.3, -0.25) is 0 Å². The zero-order chi connectivity index (χ0) is 13.1. The van der Waals surface area contributed by atoms with Crippen LogP contribution < -0.4 is 5.32 Å². The standard InChI is InChI=1S/C16H14BrNO/c17-15-7-3-1-5-12(15)9-18-10-13-11-19-16-8-4-2-6-14(13)16/h1-8,11,18H,9-10H2. The fourth-order valence-electron chi connectivity index (χ4n) is 2.14. The summed E-state index contributed by atoms with van der Waals surface area (Å²) in [4.78, 5) is 0. The Hall–Kier alpha value is -1.58. The van der Waals surface area contributed by atoms with Crippen molar-refractivity contribution in [2.75, 3.05) is 0 Å². The van der Waals surface area contributed by atoms with E-state index in [0.717, 1.165) is 23.1 Å². The molecule has 96 valence electrons. The van der Waals surface area contributed by atoms with Crippen LogP contribution >= 0.6 is 15.9 Å². The third-order valence-corrected chi connectivity index (χ3v) is 3.92. The molecule has 1 N–H and O–H groups in total. The first-order valence-electron chi connectivity index (χ1n) is 6.24. The molecule has 19 heavy (non-hydrogen) atoms. The molecule has 1 heterocycles. The predicted molar refractivity (Wildman–Crippen MR) is 80.9 cm³/mol. The van der Waals surface area contributed by atoms with Crippen LogP contribution in [0, 0.1) is 0 Å². The third-order valence-electron chi connectivity index (χ3n) is 3.15. The Labute approximate surface area is 120 Å². The molecule has 3 aromatic rings. The summed E-state index contributed by atoms with van der Waals surface area (Å²) in [6, 6.07) is 16.4. The van der Waals surface area contributed by atoms with E-state index in [-0.39, 0.29) is 0 Å². The van der Waals surface area contributed by atoms with Crippen molar-refractivity contribution < 1.29 is 4.42 Å². The van der Waals surface area contributed by atoms with Crippen LogP contribution in [0.2, 0.25) is 0 Å². The lowest BCUT2D eigenvalue weighted by Gasteiger charge is -2.05. The second kappa shape index (κ2) is 5.59. The number of furan rings is 1. The van der Waals surface area contributed by atoms with Gasteiger partial charge in [0.25, 0.3) is 0 Å². The lowest BCUT2D eigenvalue weighted by atomic mass is 10.1. The molecule has 3 heteroatoms. The summed E-state index contributed by atoms with van der Waals surface area (Å²) in [6.45, 7) is 1.64. The van der Waals surface area contributed by atoms with Gasteiger partial charge in [-0.05, 0) is 17.7 Å². The molecular weight excluding hydrogens is 302 g/mol. The Balaban J connectivity index is 1.68. The Bertz CT molecular complexity index is 690. The Morgan fingerprint density at radius 2 is 1.63 bits per heavy atom. The molecular formula is C16H14BrNO. The summed E-state index contributed by atoms with van der Waals surface area (Å²) < 4.78 is 6.66. The quantitative estimate of drug-likeness (QED) is 0.767. The summed E-state index contributed by atoms with van der Waals surface area (Å²) in [6.07, 6.45) is 1.83. The number of hydrogen-bond donors (Lipinski definition) is 1. The van der Waals surface area contributed by atoms with E-state index in [9.17, 15) is 0 Å². The van der Waals surface area contributed by atoms with Crippen LogP contribution in [0.5, 0.6) is 0 Å². The molecule has 0 saturated carbocycles. The first kappa shape index (κ1) is 12.5. The lowest BCUT2D eigenvalue weighted by molar-refractivity contribution is 0.602. The van der Waals surface area contributed by atoms with Crippen LogP contribution in [-0.2, 0) is 13.1 Å². The van der Waals surface area contributed by atoms with E-state index in [0.29, 0.717) is 0 Å². The van der Waals surface area contributed by atoms with Crippen molar-refractivity contribution in [3.8, 4) is 0 Å². The first-order chi connectivity index (χ1) is 9.34. The molecule has 2 nitrogen and oxygen atoms in total. The van der Waals surface area contributed by atoms with Crippen LogP contribution in [0.4, 0.5) is 0 Å². The summed E-state index contributed by atoms with van der Waals surface area (Å²) in [5, 5.41) is 4.63. The van der Waals surface area contributed by atoms with E-state index in [2.05, 4.69) is 45.5 Å². The van der Waals surface area contributed by atoms with Crippen molar-refractivity contribution in [3.63, 3.8) is 0 Å². The Kier molecular flexibility index (Phi) is 3.67. The highest BCUT2D eigenvalue weighted by Crippen LogP contribution is 2.21.